The van der Waals surface area contributed by atoms with E-state index in [2.05, 4.69) is 19.2 Å². The largest absolute Gasteiger partial charge is 0.467 e. The van der Waals surface area contributed by atoms with Crippen molar-refractivity contribution in [3.63, 3.8) is 0 Å². The van der Waals surface area contributed by atoms with Crippen LogP contribution in [0.4, 0.5) is 0 Å². The number of likely N-dealkylation sites (N-methyl/N-ethyl adjacent to an activating group) is 1. The van der Waals surface area contributed by atoms with E-state index >= 15 is 0 Å². The van der Waals surface area contributed by atoms with Crippen molar-refractivity contribution in [2.45, 2.75) is 79.3 Å². The van der Waals surface area contributed by atoms with Crippen LogP contribution in [0, 0.1) is 17.3 Å². The predicted octanol–water partition coefficient (Wildman–Crippen LogP) is 4.18. The number of rotatable bonds is 9. The first-order valence-corrected chi connectivity index (χ1v) is 11.4. The van der Waals surface area contributed by atoms with Crippen molar-refractivity contribution < 1.29 is 19.1 Å². The van der Waals surface area contributed by atoms with Crippen LogP contribution in [0.3, 0.4) is 0 Å². The standard InChI is InChI=1S/C26H42N2O4/c1-11-19(26(7,8)18-15-13-12-14-16-18)22(29)27-21(25(4,5)6)23(30)28(9)20(17(2)3)24(31)32-10/h12-17,19-21H,11H2,1-10H3,(H,27,29)/t19-,20+,21-/m1/s1. The van der Waals surface area contributed by atoms with Crippen molar-refractivity contribution in [2.75, 3.05) is 14.2 Å². The molecule has 0 aliphatic heterocycles. The Labute approximate surface area is 194 Å². The first kappa shape index (κ1) is 27.7. The van der Waals surface area contributed by atoms with Gasteiger partial charge in [0, 0.05) is 18.4 Å². The van der Waals surface area contributed by atoms with E-state index in [0.29, 0.717) is 6.42 Å². The average molecular weight is 447 g/mol. The van der Waals surface area contributed by atoms with Gasteiger partial charge in [0.2, 0.25) is 11.8 Å². The Bertz CT molecular complexity index is 781. The summed E-state index contributed by atoms with van der Waals surface area (Å²) in [6.45, 7) is 15.6. The van der Waals surface area contributed by atoms with E-state index in [1.165, 1.54) is 12.0 Å². The molecule has 0 spiro atoms. The zero-order valence-electron chi connectivity index (χ0n) is 21.5. The van der Waals surface area contributed by atoms with E-state index in [0.717, 1.165) is 5.56 Å². The molecular formula is C26H42N2O4. The third-order valence-corrected chi connectivity index (χ3v) is 6.35. The van der Waals surface area contributed by atoms with E-state index in [1.54, 1.807) is 7.05 Å². The molecule has 0 radical (unpaired) electrons. The van der Waals surface area contributed by atoms with Gasteiger partial charge in [-0.05, 0) is 23.3 Å². The van der Waals surface area contributed by atoms with Gasteiger partial charge in [-0.25, -0.2) is 4.79 Å². The Kier molecular flexibility index (Phi) is 9.49. The molecule has 2 amide bonds. The van der Waals surface area contributed by atoms with Crippen molar-refractivity contribution in [3.8, 4) is 0 Å². The average Bonchev–Trinajstić information content (AvgIpc) is 2.71. The van der Waals surface area contributed by atoms with E-state index < -0.39 is 28.9 Å². The highest BCUT2D eigenvalue weighted by molar-refractivity contribution is 5.92. The maximum absolute atomic E-state index is 13.5. The maximum Gasteiger partial charge on any atom is 0.328 e. The molecule has 180 valence electrons. The number of hydrogen-bond acceptors (Lipinski definition) is 4. The first-order chi connectivity index (χ1) is 14.7. The highest BCUT2D eigenvalue weighted by atomic mass is 16.5. The van der Waals surface area contributed by atoms with Gasteiger partial charge >= 0.3 is 5.97 Å². The van der Waals surface area contributed by atoms with Crippen LogP contribution in [0.1, 0.15) is 67.4 Å². The van der Waals surface area contributed by atoms with Gasteiger partial charge in [0.15, 0.2) is 0 Å². The van der Waals surface area contributed by atoms with E-state index in [4.69, 9.17) is 4.74 Å². The second kappa shape index (κ2) is 11.0. The molecule has 0 fully saturated rings. The van der Waals surface area contributed by atoms with E-state index in [-0.39, 0.29) is 23.7 Å². The van der Waals surface area contributed by atoms with E-state index in [1.807, 2.05) is 71.9 Å². The van der Waals surface area contributed by atoms with Gasteiger partial charge in [0.25, 0.3) is 0 Å². The Morgan fingerprint density at radius 1 is 1.03 bits per heavy atom. The minimum atomic E-state index is -0.786. The molecule has 1 aromatic rings. The zero-order chi connectivity index (χ0) is 24.9. The quantitative estimate of drug-likeness (QED) is 0.578. The van der Waals surface area contributed by atoms with Crippen LogP contribution in [0.15, 0.2) is 30.3 Å². The Balaban J connectivity index is 3.24. The van der Waals surface area contributed by atoms with Crippen molar-refractivity contribution in [1.29, 1.82) is 0 Å². The first-order valence-electron chi connectivity index (χ1n) is 11.4. The second-order valence-electron chi connectivity index (χ2n) is 10.5. The number of esters is 1. The summed E-state index contributed by atoms with van der Waals surface area (Å²) < 4.78 is 4.92. The molecule has 1 rings (SSSR count). The lowest BCUT2D eigenvalue weighted by molar-refractivity contribution is -0.155. The third-order valence-electron chi connectivity index (χ3n) is 6.35. The van der Waals surface area contributed by atoms with E-state index in [9.17, 15) is 14.4 Å². The van der Waals surface area contributed by atoms with Gasteiger partial charge in [-0.15, -0.1) is 0 Å². The lowest BCUT2D eigenvalue weighted by Gasteiger charge is -2.39. The SMILES string of the molecule is CC[C@H](C(=O)N[C@H](C(=O)N(C)[C@H](C(=O)OC)C(C)C)C(C)(C)C)C(C)(C)c1ccccc1. The summed E-state index contributed by atoms with van der Waals surface area (Å²) in [6.07, 6.45) is 0.630. The summed E-state index contributed by atoms with van der Waals surface area (Å²) in [6, 6.07) is 8.44. The highest BCUT2D eigenvalue weighted by Gasteiger charge is 2.42. The Morgan fingerprint density at radius 3 is 1.97 bits per heavy atom. The van der Waals surface area contributed by atoms with Crippen LogP contribution in [-0.4, -0.2) is 48.9 Å². The molecule has 0 aliphatic rings. The lowest BCUT2D eigenvalue weighted by atomic mass is 9.71. The molecule has 32 heavy (non-hydrogen) atoms. The summed E-state index contributed by atoms with van der Waals surface area (Å²) >= 11 is 0. The second-order valence-corrected chi connectivity index (χ2v) is 10.5. The van der Waals surface area contributed by atoms with Crippen molar-refractivity contribution in [1.82, 2.24) is 10.2 Å². The lowest BCUT2D eigenvalue weighted by Crippen LogP contribution is -2.59. The number of ether oxygens (including phenoxy) is 1. The van der Waals surface area contributed by atoms with Gasteiger partial charge in [-0.2, -0.15) is 0 Å². The molecule has 6 heteroatoms. The molecule has 0 aromatic heterocycles. The third kappa shape index (κ3) is 6.33. The molecule has 0 bridgehead atoms. The van der Waals surface area contributed by atoms with Crippen LogP contribution < -0.4 is 5.32 Å². The van der Waals surface area contributed by atoms with Gasteiger partial charge < -0.3 is 15.0 Å². The maximum atomic E-state index is 13.5. The van der Waals surface area contributed by atoms with Gasteiger partial charge in [0.1, 0.15) is 12.1 Å². The molecule has 0 unspecified atom stereocenters. The van der Waals surface area contributed by atoms with Gasteiger partial charge in [-0.1, -0.05) is 85.7 Å². The van der Waals surface area contributed by atoms with Crippen molar-refractivity contribution in [2.24, 2.45) is 17.3 Å². The van der Waals surface area contributed by atoms with Crippen molar-refractivity contribution in [3.05, 3.63) is 35.9 Å². The topological polar surface area (TPSA) is 75.7 Å². The summed E-state index contributed by atoms with van der Waals surface area (Å²) in [5, 5.41) is 3.03. The van der Waals surface area contributed by atoms with Crippen LogP contribution in [0.2, 0.25) is 0 Å². The highest BCUT2D eigenvalue weighted by Crippen LogP contribution is 2.34. The molecule has 6 nitrogen and oxygen atoms in total. The van der Waals surface area contributed by atoms with Crippen LogP contribution >= 0.6 is 0 Å². The molecule has 0 saturated heterocycles. The molecule has 3 atom stereocenters. The number of methoxy groups -OCH3 is 1. The number of carbonyl (C=O) groups is 3. The summed E-state index contributed by atoms with van der Waals surface area (Å²) in [5.74, 6) is -1.39. The van der Waals surface area contributed by atoms with Crippen molar-refractivity contribution >= 4 is 17.8 Å². The number of nitrogens with zero attached hydrogens (tertiary/aromatic N) is 1. The number of nitrogens with one attached hydrogen (secondary N) is 1. The molecule has 1 N–H and O–H groups in total. The smallest absolute Gasteiger partial charge is 0.328 e. The summed E-state index contributed by atoms with van der Waals surface area (Å²) in [4.78, 5) is 40.8. The number of benzene rings is 1. The molecule has 0 heterocycles. The fourth-order valence-corrected chi connectivity index (χ4v) is 4.32. The van der Waals surface area contributed by atoms with Gasteiger partial charge in [0.05, 0.1) is 7.11 Å². The monoisotopic (exact) mass is 446 g/mol. The van der Waals surface area contributed by atoms with Gasteiger partial charge in [-0.3, -0.25) is 9.59 Å². The van der Waals surface area contributed by atoms with Crippen LogP contribution in [0.5, 0.6) is 0 Å². The number of hydrogen-bond donors (Lipinski definition) is 1. The Morgan fingerprint density at radius 2 is 1.56 bits per heavy atom. The summed E-state index contributed by atoms with van der Waals surface area (Å²) in [7, 11) is 2.91. The Hall–Kier alpha value is -2.37. The zero-order valence-corrected chi connectivity index (χ0v) is 21.5. The molecule has 0 saturated carbocycles. The fraction of sp³-hybridized carbons (Fsp3) is 0.654. The predicted molar refractivity (Wildman–Crippen MR) is 128 cm³/mol. The number of carbonyl (C=O) groups excluding carboxylic acids is 3. The summed E-state index contributed by atoms with van der Waals surface area (Å²) in [5.41, 5.74) is 0.112. The molecule has 1 aromatic carbocycles. The molecular weight excluding hydrogens is 404 g/mol. The molecule has 0 aliphatic carbocycles. The van der Waals surface area contributed by atoms with Crippen LogP contribution in [-0.2, 0) is 24.5 Å². The fourth-order valence-electron chi connectivity index (χ4n) is 4.32. The minimum Gasteiger partial charge on any atom is -0.467 e. The van der Waals surface area contributed by atoms with Crippen LogP contribution in [0.25, 0.3) is 0 Å². The minimum absolute atomic E-state index is 0.131. The normalized spacial score (nSPS) is 15.0. The number of amides is 2.